The van der Waals surface area contributed by atoms with Crippen molar-refractivity contribution in [2.75, 3.05) is 19.4 Å². The molecule has 1 aromatic carbocycles. The molecule has 1 atom stereocenters. The minimum atomic E-state index is -0.124. The maximum atomic E-state index is 12.0. The number of nitrogens with one attached hydrogen (secondary N) is 1. The summed E-state index contributed by atoms with van der Waals surface area (Å²) in [4.78, 5) is 25.5. The van der Waals surface area contributed by atoms with E-state index in [0.717, 1.165) is 12.8 Å². The summed E-state index contributed by atoms with van der Waals surface area (Å²) in [6.07, 6.45) is 6.67. The number of halogens is 1. The first-order valence-corrected chi connectivity index (χ1v) is 7.33. The van der Waals surface area contributed by atoms with Gasteiger partial charge in [0.05, 0.1) is 10.7 Å². The minimum absolute atomic E-state index is 0.0806. The minimum Gasteiger partial charge on any atom is -0.345 e. The fourth-order valence-corrected chi connectivity index (χ4v) is 2.48. The van der Waals surface area contributed by atoms with E-state index in [1.165, 1.54) is 4.90 Å². The highest BCUT2D eigenvalue weighted by molar-refractivity contribution is 6.33. The highest BCUT2D eigenvalue weighted by Crippen LogP contribution is 2.25. The number of rotatable bonds is 4. The molecule has 1 aromatic rings. The molecule has 0 aromatic heterocycles. The number of allylic oxidation sites excluding steroid dienone is 2. The molecule has 0 saturated carbocycles. The van der Waals surface area contributed by atoms with E-state index in [1.807, 2.05) is 0 Å². The molecular formula is C16H19ClN2O2. The molecule has 1 aliphatic carbocycles. The molecule has 4 nitrogen and oxygen atoms in total. The van der Waals surface area contributed by atoms with Gasteiger partial charge in [0.1, 0.15) is 0 Å². The fourth-order valence-electron chi connectivity index (χ4n) is 2.32. The van der Waals surface area contributed by atoms with Gasteiger partial charge >= 0.3 is 0 Å². The summed E-state index contributed by atoms with van der Waals surface area (Å²) in [5.41, 5.74) is 0.983. The van der Waals surface area contributed by atoms with Crippen molar-refractivity contribution in [3.8, 4) is 0 Å². The number of carbonyl (C=O) groups excluding carboxylic acids is 2. The number of anilines is 1. The zero-order chi connectivity index (χ0) is 15.4. The first kappa shape index (κ1) is 15.6. The van der Waals surface area contributed by atoms with Crippen LogP contribution in [-0.4, -0.2) is 30.8 Å². The molecule has 0 bridgehead atoms. The number of nitrogens with zero attached hydrogens (tertiary/aromatic N) is 1. The summed E-state index contributed by atoms with van der Waals surface area (Å²) in [5.74, 6) is 0.0964. The summed E-state index contributed by atoms with van der Waals surface area (Å²) in [5, 5.41) is 3.23. The number of carbonyl (C=O) groups is 2. The van der Waals surface area contributed by atoms with Gasteiger partial charge in [-0.25, -0.2) is 0 Å². The molecule has 2 rings (SSSR count). The fraction of sp³-hybridized carbons (Fsp3) is 0.375. The van der Waals surface area contributed by atoms with Crippen molar-refractivity contribution in [3.05, 3.63) is 40.9 Å². The second-order valence-electron chi connectivity index (χ2n) is 5.41. The first-order chi connectivity index (χ1) is 9.97. The average molecular weight is 307 g/mol. The van der Waals surface area contributed by atoms with Gasteiger partial charge in [0.25, 0.3) is 5.91 Å². The normalized spacial score (nSPS) is 16.8. The Morgan fingerprint density at radius 1 is 1.38 bits per heavy atom. The summed E-state index contributed by atoms with van der Waals surface area (Å²) in [6, 6.07) is 4.90. The molecule has 2 amide bonds. The Morgan fingerprint density at radius 3 is 2.76 bits per heavy atom. The topological polar surface area (TPSA) is 49.4 Å². The smallest absolute Gasteiger partial charge is 0.253 e. The molecule has 21 heavy (non-hydrogen) atoms. The largest absolute Gasteiger partial charge is 0.345 e. The third kappa shape index (κ3) is 4.08. The van der Waals surface area contributed by atoms with Gasteiger partial charge in [-0.05, 0) is 37.0 Å². The van der Waals surface area contributed by atoms with Crippen LogP contribution in [0.25, 0.3) is 0 Å². The van der Waals surface area contributed by atoms with E-state index >= 15 is 0 Å². The molecular weight excluding hydrogens is 288 g/mol. The highest BCUT2D eigenvalue weighted by atomic mass is 35.5. The van der Waals surface area contributed by atoms with E-state index in [1.54, 1.807) is 32.3 Å². The van der Waals surface area contributed by atoms with Crippen molar-refractivity contribution >= 4 is 29.1 Å². The third-order valence-electron chi connectivity index (χ3n) is 3.45. The summed E-state index contributed by atoms with van der Waals surface area (Å²) >= 11 is 6.09. The van der Waals surface area contributed by atoms with E-state index in [-0.39, 0.29) is 11.8 Å². The van der Waals surface area contributed by atoms with E-state index in [2.05, 4.69) is 17.5 Å². The van der Waals surface area contributed by atoms with Crippen LogP contribution in [0.15, 0.2) is 30.4 Å². The van der Waals surface area contributed by atoms with Gasteiger partial charge in [0, 0.05) is 26.1 Å². The summed E-state index contributed by atoms with van der Waals surface area (Å²) in [7, 11) is 3.36. The monoisotopic (exact) mass is 306 g/mol. The highest BCUT2D eigenvalue weighted by Gasteiger charge is 2.16. The predicted molar refractivity (Wildman–Crippen MR) is 84.6 cm³/mol. The predicted octanol–water partition coefficient (Wildman–Crippen LogP) is 3.34. The van der Waals surface area contributed by atoms with Crippen molar-refractivity contribution in [1.29, 1.82) is 0 Å². The zero-order valence-corrected chi connectivity index (χ0v) is 13.0. The number of benzene rings is 1. The Balaban J connectivity index is 2.07. The van der Waals surface area contributed by atoms with E-state index in [0.29, 0.717) is 28.6 Å². The number of hydrogen-bond donors (Lipinski definition) is 1. The second-order valence-corrected chi connectivity index (χ2v) is 5.82. The Bertz CT molecular complexity index is 582. The standard InChI is InChI=1S/C16H19ClN2O2/c1-19(2)16(21)12-7-8-13(17)14(10-12)18-15(20)9-11-5-3-4-6-11/h3,5,7-8,10-11H,4,6,9H2,1-2H3,(H,18,20). The maximum Gasteiger partial charge on any atom is 0.253 e. The van der Waals surface area contributed by atoms with Crippen LogP contribution in [0.4, 0.5) is 5.69 Å². The Kier molecular flexibility index (Phi) is 5.02. The van der Waals surface area contributed by atoms with Crippen LogP contribution in [0.3, 0.4) is 0 Å². The lowest BCUT2D eigenvalue weighted by Crippen LogP contribution is -2.22. The molecule has 0 saturated heterocycles. The molecule has 1 N–H and O–H groups in total. The maximum absolute atomic E-state index is 12.0. The van der Waals surface area contributed by atoms with Gasteiger partial charge in [-0.15, -0.1) is 0 Å². The Hall–Kier alpha value is -1.81. The molecule has 1 unspecified atom stereocenters. The summed E-state index contributed by atoms with van der Waals surface area (Å²) in [6.45, 7) is 0. The van der Waals surface area contributed by atoms with Crippen LogP contribution in [0.1, 0.15) is 29.6 Å². The van der Waals surface area contributed by atoms with Gasteiger partial charge < -0.3 is 10.2 Å². The molecule has 5 heteroatoms. The first-order valence-electron chi connectivity index (χ1n) is 6.95. The number of amides is 2. The molecule has 0 fully saturated rings. The van der Waals surface area contributed by atoms with Crippen molar-refractivity contribution < 1.29 is 9.59 Å². The van der Waals surface area contributed by atoms with Gasteiger partial charge in [0.2, 0.25) is 5.91 Å². The molecule has 0 spiro atoms. The van der Waals surface area contributed by atoms with Crippen molar-refractivity contribution in [2.45, 2.75) is 19.3 Å². The quantitative estimate of drug-likeness (QED) is 0.867. The SMILES string of the molecule is CN(C)C(=O)c1ccc(Cl)c(NC(=O)CC2C=CCC2)c1. The van der Waals surface area contributed by atoms with Crippen molar-refractivity contribution in [2.24, 2.45) is 5.92 Å². The lowest BCUT2D eigenvalue weighted by molar-refractivity contribution is -0.116. The van der Waals surface area contributed by atoms with Crippen LogP contribution in [0, 0.1) is 5.92 Å². The molecule has 112 valence electrons. The van der Waals surface area contributed by atoms with E-state index in [4.69, 9.17) is 11.6 Å². The molecule has 0 aliphatic heterocycles. The van der Waals surface area contributed by atoms with Gasteiger partial charge in [0.15, 0.2) is 0 Å². The zero-order valence-electron chi connectivity index (χ0n) is 12.2. The lowest BCUT2D eigenvalue weighted by Gasteiger charge is -2.13. The average Bonchev–Trinajstić information content (AvgIpc) is 2.93. The van der Waals surface area contributed by atoms with Crippen LogP contribution in [0.5, 0.6) is 0 Å². The van der Waals surface area contributed by atoms with Crippen LogP contribution < -0.4 is 5.32 Å². The Labute approximate surface area is 129 Å². The molecule has 1 aliphatic rings. The third-order valence-corrected chi connectivity index (χ3v) is 3.78. The second kappa shape index (κ2) is 6.76. The van der Waals surface area contributed by atoms with Crippen molar-refractivity contribution in [3.63, 3.8) is 0 Å². The Morgan fingerprint density at radius 2 is 2.14 bits per heavy atom. The van der Waals surface area contributed by atoms with E-state index < -0.39 is 0 Å². The van der Waals surface area contributed by atoms with Crippen molar-refractivity contribution in [1.82, 2.24) is 4.90 Å². The van der Waals surface area contributed by atoms with Crippen LogP contribution in [0.2, 0.25) is 5.02 Å². The van der Waals surface area contributed by atoms with Gasteiger partial charge in [-0.1, -0.05) is 23.8 Å². The van der Waals surface area contributed by atoms with Gasteiger partial charge in [-0.2, -0.15) is 0 Å². The van der Waals surface area contributed by atoms with Crippen LogP contribution >= 0.6 is 11.6 Å². The van der Waals surface area contributed by atoms with Crippen LogP contribution in [-0.2, 0) is 4.79 Å². The summed E-state index contributed by atoms with van der Waals surface area (Å²) < 4.78 is 0. The number of hydrogen-bond acceptors (Lipinski definition) is 2. The van der Waals surface area contributed by atoms with Gasteiger partial charge in [-0.3, -0.25) is 9.59 Å². The molecule has 0 radical (unpaired) electrons. The van der Waals surface area contributed by atoms with E-state index in [9.17, 15) is 9.59 Å². The lowest BCUT2D eigenvalue weighted by atomic mass is 10.0. The molecule has 0 heterocycles.